The summed E-state index contributed by atoms with van der Waals surface area (Å²) in [6.07, 6.45) is 14.7. The van der Waals surface area contributed by atoms with Gasteiger partial charge < -0.3 is 12.8 Å². The molecule has 0 aliphatic heterocycles. The first-order valence-electron chi connectivity index (χ1n) is 6.03. The van der Waals surface area contributed by atoms with E-state index in [1.165, 1.54) is 44.9 Å². The van der Waals surface area contributed by atoms with Gasteiger partial charge in [0.15, 0.2) is 0 Å². The van der Waals surface area contributed by atoms with E-state index >= 15 is 0 Å². The van der Waals surface area contributed by atoms with Crippen LogP contribution >= 0.6 is 0 Å². The van der Waals surface area contributed by atoms with Crippen molar-refractivity contribution in [3.8, 4) is 0 Å². The first kappa shape index (κ1) is 19.5. The van der Waals surface area contributed by atoms with Crippen LogP contribution in [0.5, 0.6) is 0 Å². The molecule has 0 bridgehead atoms. The van der Waals surface area contributed by atoms with Gasteiger partial charge in [-0.3, -0.25) is 0 Å². The Kier molecular flexibility index (Phi) is 16.5. The summed E-state index contributed by atoms with van der Waals surface area (Å²) in [7, 11) is 0. The molecule has 0 saturated heterocycles. The summed E-state index contributed by atoms with van der Waals surface area (Å²) in [5.41, 5.74) is 0. The van der Waals surface area contributed by atoms with Crippen LogP contribution in [-0.2, 0) is 65.4 Å². The van der Waals surface area contributed by atoms with Gasteiger partial charge in [0.1, 0.15) is 0 Å². The minimum absolute atomic E-state index is 0. The Bertz CT molecular complexity index is 126. The quantitative estimate of drug-likeness (QED) is 0.505. The van der Waals surface area contributed by atoms with E-state index in [9.17, 15) is 0 Å². The normalized spacial score (nSPS) is 25.2. The molecule has 15 heavy (non-hydrogen) atoms. The Labute approximate surface area is 147 Å². The molecule has 0 amide bonds. The first-order valence-corrected chi connectivity index (χ1v) is 6.03. The molecule has 0 aromatic rings. The maximum Gasteiger partial charge on any atom is 0 e. The number of unbranched alkanes of at least 4 members (excludes halogenated alkanes) is 2. The topological polar surface area (TPSA) is 0 Å². The van der Waals surface area contributed by atoms with Gasteiger partial charge in [-0.1, -0.05) is 45.4 Å². The van der Waals surface area contributed by atoms with Crippen LogP contribution in [0.25, 0.3) is 0 Å². The summed E-state index contributed by atoms with van der Waals surface area (Å²) in [6, 6.07) is 0. The summed E-state index contributed by atoms with van der Waals surface area (Å²) < 4.78 is 0. The summed E-state index contributed by atoms with van der Waals surface area (Å²) in [6.45, 7) is 4.58. The Morgan fingerprint density at radius 1 is 1.27 bits per heavy atom. The summed E-state index contributed by atoms with van der Waals surface area (Å²) >= 11 is 0. The molecule has 0 spiro atoms. The molecular weight excluding hydrogens is 334 g/mol. The van der Waals surface area contributed by atoms with E-state index in [2.05, 4.69) is 26.7 Å². The van der Waals surface area contributed by atoms with Crippen molar-refractivity contribution in [2.45, 2.75) is 58.8 Å². The second-order valence-corrected chi connectivity index (χ2v) is 4.27. The van der Waals surface area contributed by atoms with E-state index in [4.69, 9.17) is 0 Å². The fourth-order valence-electron chi connectivity index (χ4n) is 2.51. The molecular formula is C13H24Y2-2. The zero-order chi connectivity index (χ0) is 9.52. The molecule has 2 atom stereocenters. The van der Waals surface area contributed by atoms with E-state index in [0.717, 1.165) is 11.8 Å². The van der Waals surface area contributed by atoms with Gasteiger partial charge in [-0.25, -0.2) is 0 Å². The van der Waals surface area contributed by atoms with E-state index in [0.29, 0.717) is 0 Å². The van der Waals surface area contributed by atoms with Crippen LogP contribution in [0.3, 0.4) is 0 Å². The van der Waals surface area contributed by atoms with Crippen LogP contribution in [-0.4, -0.2) is 0 Å². The van der Waals surface area contributed by atoms with Gasteiger partial charge in [-0.2, -0.15) is 25.2 Å². The molecule has 1 fully saturated rings. The van der Waals surface area contributed by atoms with Crippen LogP contribution in [0, 0.1) is 24.7 Å². The minimum atomic E-state index is 0. The van der Waals surface area contributed by atoms with E-state index in [1.54, 1.807) is 0 Å². The monoisotopic (exact) mass is 358 g/mol. The Hall–Kier alpha value is 2.21. The maximum atomic E-state index is 2.57. The predicted molar refractivity (Wildman–Crippen MR) is 59.2 cm³/mol. The zero-order valence-corrected chi connectivity index (χ0v) is 16.1. The van der Waals surface area contributed by atoms with Crippen molar-refractivity contribution in [3.05, 3.63) is 12.8 Å². The van der Waals surface area contributed by atoms with Gasteiger partial charge >= 0.3 is 0 Å². The third-order valence-electron chi connectivity index (χ3n) is 3.36. The molecule has 1 saturated carbocycles. The third-order valence-corrected chi connectivity index (χ3v) is 3.36. The fraction of sp³-hybridized carbons (Fsp3) is 0.846. The Morgan fingerprint density at radius 3 is 2.60 bits per heavy atom. The predicted octanol–water partition coefficient (Wildman–Crippen LogP) is 4.41. The van der Waals surface area contributed by atoms with Crippen LogP contribution in [0.4, 0.5) is 0 Å². The van der Waals surface area contributed by atoms with E-state index in [-0.39, 0.29) is 65.4 Å². The molecule has 0 N–H and O–H groups in total. The standard InChI is InChI=1S/C13H24.2Y/c1-3-5-6-10-13-11-8-7-9-12(13)4-2;;/h5,9,12-13H,3-4,6-8,10-11H2,1-2H3;;/q-2;;. The van der Waals surface area contributed by atoms with Gasteiger partial charge in [0, 0.05) is 65.4 Å². The van der Waals surface area contributed by atoms with Gasteiger partial charge in [0.05, 0.1) is 0 Å². The molecule has 2 heteroatoms. The number of hydrogen-bond acceptors (Lipinski definition) is 0. The van der Waals surface area contributed by atoms with Crippen molar-refractivity contribution in [1.29, 1.82) is 0 Å². The van der Waals surface area contributed by atoms with Crippen molar-refractivity contribution in [2.24, 2.45) is 11.8 Å². The second kappa shape index (κ2) is 12.7. The largest absolute Gasteiger partial charge is 0.329 e. The molecule has 84 valence electrons. The fourth-order valence-corrected chi connectivity index (χ4v) is 2.51. The minimum Gasteiger partial charge on any atom is -0.329 e. The molecule has 1 aliphatic rings. The number of hydrogen-bond donors (Lipinski definition) is 0. The SMILES string of the molecule is CC[CH-]CCC1CCC[CH-]C1CC.[Y].[Y]. The molecule has 2 unspecified atom stereocenters. The van der Waals surface area contributed by atoms with Crippen molar-refractivity contribution < 1.29 is 65.4 Å². The third kappa shape index (κ3) is 8.01. The molecule has 0 heterocycles. The summed E-state index contributed by atoms with van der Waals surface area (Å²) in [4.78, 5) is 0. The average molecular weight is 358 g/mol. The molecule has 2 radical (unpaired) electrons. The van der Waals surface area contributed by atoms with Crippen LogP contribution < -0.4 is 0 Å². The maximum absolute atomic E-state index is 2.57. The summed E-state index contributed by atoms with van der Waals surface area (Å²) in [5, 5.41) is 0. The van der Waals surface area contributed by atoms with Gasteiger partial charge in [0.2, 0.25) is 0 Å². The van der Waals surface area contributed by atoms with Crippen molar-refractivity contribution in [1.82, 2.24) is 0 Å². The van der Waals surface area contributed by atoms with Crippen molar-refractivity contribution in [3.63, 3.8) is 0 Å². The Morgan fingerprint density at radius 2 is 2.00 bits per heavy atom. The van der Waals surface area contributed by atoms with Gasteiger partial charge in [-0.05, 0) is 0 Å². The second-order valence-electron chi connectivity index (χ2n) is 4.27. The van der Waals surface area contributed by atoms with Crippen LogP contribution in [0.15, 0.2) is 0 Å². The average Bonchev–Trinajstić information content (AvgIpc) is 2.19. The van der Waals surface area contributed by atoms with E-state index in [1.807, 2.05) is 0 Å². The van der Waals surface area contributed by atoms with Crippen molar-refractivity contribution >= 4 is 0 Å². The zero-order valence-electron chi connectivity index (χ0n) is 10.4. The number of rotatable bonds is 5. The van der Waals surface area contributed by atoms with Crippen LogP contribution in [0.1, 0.15) is 58.8 Å². The summed E-state index contributed by atoms with van der Waals surface area (Å²) in [5.74, 6) is 1.93. The molecule has 0 aromatic carbocycles. The molecule has 0 aromatic heterocycles. The van der Waals surface area contributed by atoms with Crippen LogP contribution in [0.2, 0.25) is 0 Å². The smallest absolute Gasteiger partial charge is 0 e. The molecule has 1 rings (SSSR count). The van der Waals surface area contributed by atoms with Gasteiger partial charge in [-0.15, -0.1) is 0 Å². The Balaban J connectivity index is 0. The van der Waals surface area contributed by atoms with E-state index < -0.39 is 0 Å². The molecule has 0 nitrogen and oxygen atoms in total. The van der Waals surface area contributed by atoms with Crippen molar-refractivity contribution in [2.75, 3.05) is 0 Å². The van der Waals surface area contributed by atoms with Gasteiger partial charge in [0.25, 0.3) is 0 Å². The molecule has 1 aliphatic carbocycles. The first-order chi connectivity index (χ1) is 6.38.